The van der Waals surface area contributed by atoms with Crippen LogP contribution in [0, 0.1) is 0 Å². The van der Waals surface area contributed by atoms with Crippen LogP contribution in [0.5, 0.6) is 23.0 Å². The summed E-state index contributed by atoms with van der Waals surface area (Å²) in [5, 5.41) is 40.4. The van der Waals surface area contributed by atoms with Gasteiger partial charge >= 0.3 is 6.18 Å². The molecule has 0 saturated carbocycles. The van der Waals surface area contributed by atoms with Crippen LogP contribution in [0.15, 0.2) is 48.5 Å². The lowest BCUT2D eigenvalue weighted by molar-refractivity contribution is -0.137. The van der Waals surface area contributed by atoms with Crippen LogP contribution < -0.4 is 0 Å². The van der Waals surface area contributed by atoms with E-state index in [2.05, 4.69) is 0 Å². The molecule has 1 aromatic heterocycles. The minimum atomic E-state index is -4.57. The highest BCUT2D eigenvalue weighted by atomic mass is 19.4. The number of phenols is 4. The highest BCUT2D eigenvalue weighted by Crippen LogP contribution is 2.42. The lowest BCUT2D eigenvalue weighted by Gasteiger charge is -2.10. The molecule has 0 amide bonds. The van der Waals surface area contributed by atoms with E-state index in [0.717, 1.165) is 34.9 Å². The van der Waals surface area contributed by atoms with Gasteiger partial charge in [0.05, 0.1) is 11.1 Å². The molecule has 0 bridgehead atoms. The number of hydrogen-bond acceptors (Lipinski definition) is 5. The molecule has 3 aromatic carbocycles. The van der Waals surface area contributed by atoms with Crippen molar-refractivity contribution in [3.8, 4) is 23.0 Å². The Bertz CT molecular complexity index is 1290. The van der Waals surface area contributed by atoms with Gasteiger partial charge in [-0.2, -0.15) is 13.2 Å². The quantitative estimate of drug-likeness (QED) is 0.355. The predicted molar refractivity (Wildman–Crippen MR) is 97.3 cm³/mol. The summed E-state index contributed by atoms with van der Waals surface area (Å²) >= 11 is 0. The van der Waals surface area contributed by atoms with E-state index in [0.29, 0.717) is 0 Å². The number of alkyl halides is 3. The van der Waals surface area contributed by atoms with Crippen LogP contribution >= 0.6 is 0 Å². The monoisotopic (exact) mass is 403 g/mol. The van der Waals surface area contributed by atoms with E-state index in [9.17, 15) is 38.4 Å². The third kappa shape index (κ3) is 2.78. The van der Waals surface area contributed by atoms with Crippen molar-refractivity contribution in [2.45, 2.75) is 6.18 Å². The molecule has 0 spiro atoms. The van der Waals surface area contributed by atoms with Gasteiger partial charge in [-0.3, -0.25) is 9.36 Å². The van der Waals surface area contributed by atoms with Gasteiger partial charge < -0.3 is 20.4 Å². The summed E-state index contributed by atoms with van der Waals surface area (Å²) in [5.74, 6) is -2.95. The number of fused-ring (bicyclic) bond motifs is 3. The standard InChI is InChI=1S/C20H12F3NO5/c21-20(22,23)10-3-1-9(2-4-10)19(29)24-13-8-16(27)15(26)7-12(13)11-5-6-14(25)18(28)17(11)24/h1-8,25-28H. The minimum Gasteiger partial charge on any atom is -0.504 e. The first-order valence-electron chi connectivity index (χ1n) is 8.22. The number of aromatic hydroxyl groups is 4. The van der Waals surface area contributed by atoms with Gasteiger partial charge in [0.25, 0.3) is 5.91 Å². The Morgan fingerprint density at radius 3 is 2.03 bits per heavy atom. The number of halogens is 3. The summed E-state index contributed by atoms with van der Waals surface area (Å²) in [6.07, 6.45) is -4.57. The Kier molecular flexibility index (Phi) is 3.86. The topological polar surface area (TPSA) is 103 Å². The summed E-state index contributed by atoms with van der Waals surface area (Å²) in [6, 6.07) is 8.34. The molecule has 0 fully saturated rings. The van der Waals surface area contributed by atoms with Crippen molar-refractivity contribution in [3.05, 3.63) is 59.7 Å². The molecule has 0 aliphatic heterocycles. The zero-order valence-corrected chi connectivity index (χ0v) is 14.4. The fourth-order valence-electron chi connectivity index (χ4n) is 3.24. The van der Waals surface area contributed by atoms with E-state index in [4.69, 9.17) is 0 Å². The molecule has 9 heteroatoms. The zero-order chi connectivity index (χ0) is 21.1. The van der Waals surface area contributed by atoms with Crippen molar-refractivity contribution < 1.29 is 38.4 Å². The molecular weight excluding hydrogens is 391 g/mol. The fourth-order valence-corrected chi connectivity index (χ4v) is 3.24. The lowest BCUT2D eigenvalue weighted by atomic mass is 10.1. The number of carbonyl (C=O) groups excluding carboxylic acids is 1. The Balaban J connectivity index is 2.02. The molecule has 0 saturated heterocycles. The van der Waals surface area contributed by atoms with Crippen molar-refractivity contribution >= 4 is 27.7 Å². The van der Waals surface area contributed by atoms with Gasteiger partial charge in [0.2, 0.25) is 0 Å². The molecule has 29 heavy (non-hydrogen) atoms. The number of hydrogen-bond donors (Lipinski definition) is 4. The van der Waals surface area contributed by atoms with Gasteiger partial charge in [-0.05, 0) is 42.5 Å². The Morgan fingerprint density at radius 2 is 1.41 bits per heavy atom. The molecular formula is C20H12F3NO5. The molecule has 4 N–H and O–H groups in total. The van der Waals surface area contributed by atoms with Crippen molar-refractivity contribution in [1.29, 1.82) is 0 Å². The lowest BCUT2D eigenvalue weighted by Crippen LogP contribution is -2.12. The summed E-state index contributed by atoms with van der Waals surface area (Å²) in [7, 11) is 0. The Hall–Kier alpha value is -3.88. The molecule has 0 unspecified atom stereocenters. The van der Waals surface area contributed by atoms with Crippen LogP contribution in [-0.4, -0.2) is 30.9 Å². The van der Waals surface area contributed by atoms with Gasteiger partial charge in [0.15, 0.2) is 23.0 Å². The highest BCUT2D eigenvalue weighted by Gasteiger charge is 2.30. The first kappa shape index (κ1) is 18.5. The van der Waals surface area contributed by atoms with Crippen molar-refractivity contribution in [2.75, 3.05) is 0 Å². The molecule has 148 valence electrons. The van der Waals surface area contributed by atoms with Crippen LogP contribution in [0.4, 0.5) is 13.2 Å². The van der Waals surface area contributed by atoms with E-state index < -0.39 is 40.6 Å². The molecule has 4 rings (SSSR count). The zero-order valence-electron chi connectivity index (χ0n) is 14.4. The number of rotatable bonds is 1. The second-order valence-corrected chi connectivity index (χ2v) is 6.40. The largest absolute Gasteiger partial charge is 0.504 e. The maximum atomic E-state index is 13.1. The second kappa shape index (κ2) is 6.06. The fraction of sp³-hybridized carbons (Fsp3) is 0.0500. The van der Waals surface area contributed by atoms with Gasteiger partial charge in [-0.25, -0.2) is 0 Å². The first-order chi connectivity index (χ1) is 13.6. The van der Waals surface area contributed by atoms with Crippen LogP contribution in [-0.2, 0) is 6.18 Å². The Labute approximate surface area is 160 Å². The number of nitrogens with zero attached hydrogens (tertiary/aromatic N) is 1. The summed E-state index contributed by atoms with van der Waals surface area (Å²) in [4.78, 5) is 13.1. The molecule has 0 radical (unpaired) electrons. The Morgan fingerprint density at radius 1 is 0.793 bits per heavy atom. The van der Waals surface area contributed by atoms with Crippen LogP contribution in [0.2, 0.25) is 0 Å². The molecule has 0 atom stereocenters. The first-order valence-corrected chi connectivity index (χ1v) is 8.22. The highest BCUT2D eigenvalue weighted by molar-refractivity contribution is 6.18. The molecule has 1 heterocycles. The van der Waals surface area contributed by atoms with Gasteiger partial charge in [-0.1, -0.05) is 0 Å². The van der Waals surface area contributed by atoms with Crippen LogP contribution in [0.25, 0.3) is 21.8 Å². The molecule has 0 aliphatic carbocycles. The average molecular weight is 403 g/mol. The smallest absolute Gasteiger partial charge is 0.416 e. The van der Waals surface area contributed by atoms with Crippen LogP contribution in [0.1, 0.15) is 15.9 Å². The summed E-state index contributed by atoms with van der Waals surface area (Å²) in [5.41, 5.74) is -1.08. The number of carbonyl (C=O) groups is 1. The van der Waals surface area contributed by atoms with Crippen LogP contribution in [0.3, 0.4) is 0 Å². The maximum Gasteiger partial charge on any atom is 0.416 e. The normalized spacial score (nSPS) is 12.0. The maximum absolute atomic E-state index is 13.1. The average Bonchev–Trinajstić information content (AvgIpc) is 2.98. The molecule has 0 aliphatic rings. The van der Waals surface area contributed by atoms with E-state index in [1.807, 2.05) is 0 Å². The third-order valence-electron chi connectivity index (χ3n) is 4.64. The van der Waals surface area contributed by atoms with Crippen molar-refractivity contribution in [1.82, 2.24) is 4.57 Å². The summed E-state index contributed by atoms with van der Waals surface area (Å²) in [6.45, 7) is 0. The third-order valence-corrected chi connectivity index (χ3v) is 4.64. The van der Waals surface area contributed by atoms with Crippen molar-refractivity contribution in [2.24, 2.45) is 0 Å². The van der Waals surface area contributed by atoms with E-state index >= 15 is 0 Å². The second-order valence-electron chi connectivity index (χ2n) is 6.40. The van der Waals surface area contributed by atoms with E-state index in [1.165, 1.54) is 18.2 Å². The predicted octanol–water partition coefficient (Wildman–Crippen LogP) is 4.32. The van der Waals surface area contributed by atoms with E-state index in [1.54, 1.807) is 0 Å². The van der Waals surface area contributed by atoms with Gasteiger partial charge in [0.1, 0.15) is 5.52 Å². The van der Waals surface area contributed by atoms with Gasteiger partial charge in [-0.15, -0.1) is 0 Å². The van der Waals surface area contributed by atoms with Crippen molar-refractivity contribution in [3.63, 3.8) is 0 Å². The minimum absolute atomic E-state index is 0.0843. The number of aromatic nitrogens is 1. The molecule has 6 nitrogen and oxygen atoms in total. The van der Waals surface area contributed by atoms with E-state index in [-0.39, 0.29) is 27.4 Å². The van der Waals surface area contributed by atoms with Gasteiger partial charge in [0, 0.05) is 22.4 Å². The number of benzene rings is 3. The molecule has 4 aromatic rings. The number of phenolic OH excluding ortho intramolecular Hbond substituents is 4. The SMILES string of the molecule is O=C(c1ccc(C(F)(F)F)cc1)n1c2cc(O)c(O)cc2c2ccc(O)c(O)c21. The summed E-state index contributed by atoms with van der Waals surface area (Å²) < 4.78 is 39.3.